The molecule has 0 spiro atoms. The van der Waals surface area contributed by atoms with Crippen molar-refractivity contribution in [3.8, 4) is 0 Å². The summed E-state index contributed by atoms with van der Waals surface area (Å²) in [6.45, 7) is 5.09. The molecule has 0 bridgehead atoms. The Hall–Kier alpha value is -2.74. The van der Waals surface area contributed by atoms with E-state index < -0.39 is 5.97 Å². The number of esters is 1. The summed E-state index contributed by atoms with van der Waals surface area (Å²) in [6, 6.07) is 6.36. The number of nitrogens with one attached hydrogen (secondary N) is 2. The lowest BCUT2D eigenvalue weighted by molar-refractivity contribution is -0.114. The van der Waals surface area contributed by atoms with E-state index in [0.29, 0.717) is 34.1 Å². The third-order valence-electron chi connectivity index (χ3n) is 3.03. The standard InChI is InChI=1S/C16H17N3O4S/c1-4-23-16(22)11-5-7-12(8-6-11)18-14(21)13-9(2)19-24-15(13)17-10(3)20/h5-8H,4H2,1-3H3,(H,17,20)(H,18,21). The van der Waals surface area contributed by atoms with Gasteiger partial charge in [-0.05, 0) is 49.6 Å². The van der Waals surface area contributed by atoms with Gasteiger partial charge < -0.3 is 15.4 Å². The van der Waals surface area contributed by atoms with Crippen LogP contribution < -0.4 is 10.6 Å². The van der Waals surface area contributed by atoms with E-state index in [1.807, 2.05) is 0 Å². The van der Waals surface area contributed by atoms with Crippen molar-refractivity contribution in [2.24, 2.45) is 0 Å². The number of carbonyl (C=O) groups is 3. The Balaban J connectivity index is 2.14. The molecule has 0 fully saturated rings. The van der Waals surface area contributed by atoms with Gasteiger partial charge in [0.05, 0.1) is 23.4 Å². The highest BCUT2D eigenvalue weighted by Crippen LogP contribution is 2.25. The quantitative estimate of drug-likeness (QED) is 0.811. The summed E-state index contributed by atoms with van der Waals surface area (Å²) in [4.78, 5) is 35.2. The minimum Gasteiger partial charge on any atom is -0.462 e. The number of amides is 2. The Morgan fingerprint density at radius 2 is 1.83 bits per heavy atom. The lowest BCUT2D eigenvalue weighted by Crippen LogP contribution is -2.16. The van der Waals surface area contributed by atoms with Crippen LogP contribution in [0.25, 0.3) is 0 Å². The van der Waals surface area contributed by atoms with Crippen molar-refractivity contribution in [1.29, 1.82) is 0 Å². The van der Waals surface area contributed by atoms with Gasteiger partial charge in [0.25, 0.3) is 5.91 Å². The van der Waals surface area contributed by atoms with Crippen molar-refractivity contribution in [3.05, 3.63) is 41.1 Å². The summed E-state index contributed by atoms with van der Waals surface area (Å²) in [6.07, 6.45) is 0. The molecule has 0 atom stereocenters. The van der Waals surface area contributed by atoms with Crippen LogP contribution in [0, 0.1) is 6.92 Å². The number of hydrogen-bond acceptors (Lipinski definition) is 6. The van der Waals surface area contributed by atoms with E-state index in [9.17, 15) is 14.4 Å². The van der Waals surface area contributed by atoms with Crippen molar-refractivity contribution in [1.82, 2.24) is 4.37 Å². The van der Waals surface area contributed by atoms with Gasteiger partial charge in [0.15, 0.2) is 0 Å². The molecule has 0 aliphatic heterocycles. The number of benzene rings is 1. The van der Waals surface area contributed by atoms with Gasteiger partial charge in [0, 0.05) is 12.6 Å². The molecule has 2 aromatic rings. The van der Waals surface area contributed by atoms with Crippen LogP contribution in [0.4, 0.5) is 10.7 Å². The maximum absolute atomic E-state index is 12.4. The maximum atomic E-state index is 12.4. The molecule has 2 rings (SSSR count). The average molecular weight is 347 g/mol. The van der Waals surface area contributed by atoms with E-state index in [4.69, 9.17) is 4.74 Å². The van der Waals surface area contributed by atoms with Gasteiger partial charge in [-0.1, -0.05) is 0 Å². The molecule has 8 heteroatoms. The summed E-state index contributed by atoms with van der Waals surface area (Å²) in [5, 5.41) is 5.72. The fraction of sp³-hybridized carbons (Fsp3) is 0.250. The summed E-state index contributed by atoms with van der Waals surface area (Å²) < 4.78 is 9.00. The van der Waals surface area contributed by atoms with Crippen LogP contribution >= 0.6 is 11.5 Å². The zero-order chi connectivity index (χ0) is 17.7. The Morgan fingerprint density at radius 3 is 2.42 bits per heavy atom. The van der Waals surface area contributed by atoms with E-state index in [0.717, 1.165) is 11.5 Å². The molecule has 2 amide bonds. The van der Waals surface area contributed by atoms with Crippen LogP contribution in [0.5, 0.6) is 0 Å². The van der Waals surface area contributed by atoms with Gasteiger partial charge in [0.2, 0.25) is 5.91 Å². The second-order valence-corrected chi connectivity index (χ2v) is 5.68. The highest BCUT2D eigenvalue weighted by Gasteiger charge is 2.19. The largest absolute Gasteiger partial charge is 0.462 e. The van der Waals surface area contributed by atoms with E-state index in [1.165, 1.54) is 6.92 Å². The molecule has 0 saturated carbocycles. The Morgan fingerprint density at radius 1 is 1.17 bits per heavy atom. The van der Waals surface area contributed by atoms with Gasteiger partial charge in [-0.3, -0.25) is 9.59 Å². The molecular formula is C16H17N3O4S. The second-order valence-electron chi connectivity index (χ2n) is 4.91. The fourth-order valence-electron chi connectivity index (χ4n) is 1.98. The highest BCUT2D eigenvalue weighted by molar-refractivity contribution is 7.11. The molecule has 0 unspecified atom stereocenters. The van der Waals surface area contributed by atoms with Crippen molar-refractivity contribution < 1.29 is 19.1 Å². The summed E-state index contributed by atoms with van der Waals surface area (Å²) in [7, 11) is 0. The first-order valence-electron chi connectivity index (χ1n) is 7.24. The molecule has 7 nitrogen and oxygen atoms in total. The first-order valence-corrected chi connectivity index (χ1v) is 8.02. The van der Waals surface area contributed by atoms with Gasteiger partial charge >= 0.3 is 5.97 Å². The number of anilines is 2. The number of rotatable bonds is 5. The van der Waals surface area contributed by atoms with E-state index in [1.54, 1.807) is 38.1 Å². The van der Waals surface area contributed by atoms with Crippen molar-refractivity contribution in [2.45, 2.75) is 20.8 Å². The molecule has 24 heavy (non-hydrogen) atoms. The molecule has 1 aromatic carbocycles. The van der Waals surface area contributed by atoms with Gasteiger partial charge in [-0.25, -0.2) is 4.79 Å². The van der Waals surface area contributed by atoms with Crippen LogP contribution in [0.2, 0.25) is 0 Å². The normalized spacial score (nSPS) is 10.1. The summed E-state index contributed by atoms with van der Waals surface area (Å²) in [5.41, 5.74) is 1.78. The third-order valence-corrected chi connectivity index (χ3v) is 3.89. The van der Waals surface area contributed by atoms with Gasteiger partial charge in [-0.2, -0.15) is 4.37 Å². The Bertz CT molecular complexity index is 768. The molecule has 0 aliphatic carbocycles. The van der Waals surface area contributed by atoms with Gasteiger partial charge in [0.1, 0.15) is 5.00 Å². The Kier molecular flexibility index (Phi) is 5.64. The molecule has 2 N–H and O–H groups in total. The number of hydrogen-bond donors (Lipinski definition) is 2. The summed E-state index contributed by atoms with van der Waals surface area (Å²) in [5.74, 6) is -1.07. The smallest absolute Gasteiger partial charge is 0.338 e. The minimum absolute atomic E-state index is 0.272. The number of aryl methyl sites for hydroxylation is 1. The molecule has 1 aromatic heterocycles. The molecule has 0 saturated heterocycles. The van der Waals surface area contributed by atoms with E-state index >= 15 is 0 Å². The lowest BCUT2D eigenvalue weighted by atomic mass is 10.2. The van der Waals surface area contributed by atoms with Gasteiger partial charge in [-0.15, -0.1) is 0 Å². The number of ether oxygens (including phenoxy) is 1. The zero-order valence-corrected chi connectivity index (χ0v) is 14.3. The van der Waals surface area contributed by atoms with Crippen LogP contribution in [0.15, 0.2) is 24.3 Å². The number of carbonyl (C=O) groups excluding carboxylic acids is 3. The van der Waals surface area contributed by atoms with E-state index in [2.05, 4.69) is 15.0 Å². The topological polar surface area (TPSA) is 97.4 Å². The molecule has 1 heterocycles. The zero-order valence-electron chi connectivity index (χ0n) is 13.5. The molecular weight excluding hydrogens is 330 g/mol. The second kappa shape index (κ2) is 7.69. The van der Waals surface area contributed by atoms with Crippen molar-refractivity contribution >= 4 is 40.0 Å². The van der Waals surface area contributed by atoms with Crippen LogP contribution in [-0.2, 0) is 9.53 Å². The maximum Gasteiger partial charge on any atom is 0.338 e. The van der Waals surface area contributed by atoms with Crippen LogP contribution in [0.1, 0.15) is 40.3 Å². The first kappa shape index (κ1) is 17.6. The van der Waals surface area contributed by atoms with Crippen LogP contribution in [-0.4, -0.2) is 28.8 Å². The van der Waals surface area contributed by atoms with Crippen molar-refractivity contribution in [2.75, 3.05) is 17.2 Å². The SMILES string of the molecule is CCOC(=O)c1ccc(NC(=O)c2c(C)nsc2NC(C)=O)cc1. The predicted octanol–water partition coefficient (Wildman–Crippen LogP) is 2.84. The molecule has 0 radical (unpaired) electrons. The summed E-state index contributed by atoms with van der Waals surface area (Å²) >= 11 is 1.05. The van der Waals surface area contributed by atoms with Crippen molar-refractivity contribution in [3.63, 3.8) is 0 Å². The third kappa shape index (κ3) is 4.17. The minimum atomic E-state index is -0.416. The first-order chi connectivity index (χ1) is 11.4. The highest BCUT2D eigenvalue weighted by atomic mass is 32.1. The van der Waals surface area contributed by atoms with Crippen LogP contribution in [0.3, 0.4) is 0 Å². The number of aromatic nitrogens is 1. The molecule has 0 aliphatic rings. The molecule has 126 valence electrons. The fourth-order valence-corrected chi connectivity index (χ4v) is 2.82. The van der Waals surface area contributed by atoms with E-state index in [-0.39, 0.29) is 11.8 Å². The monoisotopic (exact) mass is 347 g/mol. The lowest BCUT2D eigenvalue weighted by Gasteiger charge is -2.08. The average Bonchev–Trinajstić information content (AvgIpc) is 2.88. The Labute approximate surface area is 143 Å². The predicted molar refractivity (Wildman–Crippen MR) is 91.5 cm³/mol. The number of nitrogens with zero attached hydrogens (tertiary/aromatic N) is 1.